The van der Waals surface area contributed by atoms with E-state index in [9.17, 15) is 24.4 Å². The van der Waals surface area contributed by atoms with Crippen molar-refractivity contribution in [1.29, 1.82) is 0 Å². The number of nitro groups is 1. The topological polar surface area (TPSA) is 141 Å². The molecule has 33 heavy (non-hydrogen) atoms. The van der Waals surface area contributed by atoms with Crippen LogP contribution in [0.5, 0.6) is 0 Å². The van der Waals surface area contributed by atoms with Crippen LogP contribution in [0, 0.1) is 15.9 Å². The van der Waals surface area contributed by atoms with E-state index in [4.69, 9.17) is 5.21 Å². The molecule has 3 rings (SSSR count). The predicted molar refractivity (Wildman–Crippen MR) is 121 cm³/mol. The molecule has 5 N–H and O–H groups in total. The summed E-state index contributed by atoms with van der Waals surface area (Å²) in [7, 11) is 0. The Hall–Kier alpha value is -3.34. The minimum absolute atomic E-state index is 0.0319. The molecule has 0 spiro atoms. The maximum Gasteiger partial charge on any atom is 0.270 e. The molecule has 1 unspecified atom stereocenters. The van der Waals surface area contributed by atoms with Crippen molar-refractivity contribution in [1.82, 2.24) is 15.8 Å². The number of hydrogen-bond acceptors (Lipinski definition) is 6. The van der Waals surface area contributed by atoms with Crippen molar-refractivity contribution in [2.45, 2.75) is 44.8 Å². The second-order valence-electron chi connectivity index (χ2n) is 7.89. The van der Waals surface area contributed by atoms with Gasteiger partial charge in [0, 0.05) is 47.8 Å². The summed E-state index contributed by atoms with van der Waals surface area (Å²) in [4.78, 5) is 25.9. The number of nitro benzene ring substituents is 1. The molecule has 0 fully saturated rings. The number of aromatic amines is 1. The number of amides is 1. The Kier molecular flexibility index (Phi) is 8.47. The number of unbranched alkanes of at least 4 members (excludes halogenated alkanes) is 3. The number of hydroxylamine groups is 1. The van der Waals surface area contributed by atoms with E-state index in [2.05, 4.69) is 10.3 Å². The standard InChI is InChI=1S/C23H27FN4O5/c24-20-12-16(23(30)25-10-4-2-1-3-5-22(29)27-31)7-6-15(20)11-17-14-26-21-9-8-18(28(32)33)13-19(17)21/h6-9,12-14,22,26-27,29,31H,1-5,10-11H2,(H,25,30). The number of nitrogens with one attached hydrogen (secondary N) is 3. The van der Waals surface area contributed by atoms with E-state index in [-0.39, 0.29) is 23.6 Å². The molecule has 176 valence electrons. The lowest BCUT2D eigenvalue weighted by Gasteiger charge is -2.09. The maximum atomic E-state index is 14.7. The number of aliphatic hydroxyl groups excluding tert-OH is 1. The molecule has 1 heterocycles. The van der Waals surface area contributed by atoms with E-state index < -0.39 is 17.0 Å². The third kappa shape index (κ3) is 6.58. The summed E-state index contributed by atoms with van der Waals surface area (Å²) in [6.07, 6.45) is 4.68. The average molecular weight is 458 g/mol. The highest BCUT2D eigenvalue weighted by Gasteiger charge is 2.14. The molecule has 1 atom stereocenters. The van der Waals surface area contributed by atoms with Crippen molar-refractivity contribution in [3.8, 4) is 0 Å². The van der Waals surface area contributed by atoms with Crippen molar-refractivity contribution >= 4 is 22.5 Å². The first-order valence-corrected chi connectivity index (χ1v) is 10.8. The smallest absolute Gasteiger partial charge is 0.270 e. The number of halogens is 1. The highest BCUT2D eigenvalue weighted by molar-refractivity contribution is 5.94. The number of nitrogens with zero attached hydrogens (tertiary/aromatic N) is 1. The first-order chi connectivity index (χ1) is 15.9. The Bertz CT molecular complexity index is 1120. The lowest BCUT2D eigenvalue weighted by Crippen LogP contribution is -2.25. The number of hydrogen-bond donors (Lipinski definition) is 5. The monoisotopic (exact) mass is 458 g/mol. The zero-order chi connectivity index (χ0) is 23.8. The third-order valence-electron chi connectivity index (χ3n) is 5.50. The predicted octanol–water partition coefficient (Wildman–Crippen LogP) is 3.78. The van der Waals surface area contributed by atoms with Crippen molar-refractivity contribution in [3.05, 3.63) is 75.2 Å². The molecule has 0 aliphatic carbocycles. The zero-order valence-corrected chi connectivity index (χ0v) is 18.0. The summed E-state index contributed by atoms with van der Waals surface area (Å²) in [6.45, 7) is 0.455. The summed E-state index contributed by atoms with van der Waals surface area (Å²) >= 11 is 0. The molecule has 0 aliphatic heterocycles. The summed E-state index contributed by atoms with van der Waals surface area (Å²) < 4.78 is 14.7. The lowest BCUT2D eigenvalue weighted by molar-refractivity contribution is -0.384. The number of aromatic nitrogens is 1. The second kappa shape index (κ2) is 11.5. The number of rotatable bonds is 12. The summed E-state index contributed by atoms with van der Waals surface area (Å²) in [6, 6.07) is 8.82. The molecule has 3 aromatic rings. The van der Waals surface area contributed by atoms with Gasteiger partial charge in [-0.05, 0) is 48.6 Å². The minimum Gasteiger partial charge on any atom is -0.377 e. The molecule has 0 aliphatic rings. The van der Waals surface area contributed by atoms with E-state index in [0.717, 1.165) is 36.8 Å². The van der Waals surface area contributed by atoms with Crippen LogP contribution in [-0.4, -0.2) is 38.9 Å². The van der Waals surface area contributed by atoms with Crippen molar-refractivity contribution < 1.29 is 24.4 Å². The quantitative estimate of drug-likeness (QED) is 0.121. The number of fused-ring (bicyclic) bond motifs is 1. The molecule has 1 aromatic heterocycles. The van der Waals surface area contributed by atoms with Gasteiger partial charge in [-0.25, -0.2) is 4.39 Å². The van der Waals surface area contributed by atoms with Crippen LogP contribution in [-0.2, 0) is 6.42 Å². The van der Waals surface area contributed by atoms with Crippen LogP contribution >= 0.6 is 0 Å². The molecule has 9 nitrogen and oxygen atoms in total. The van der Waals surface area contributed by atoms with Crippen LogP contribution in [0.25, 0.3) is 10.9 Å². The average Bonchev–Trinajstić information content (AvgIpc) is 3.21. The van der Waals surface area contributed by atoms with Gasteiger partial charge < -0.3 is 20.6 Å². The molecule has 0 bridgehead atoms. The van der Waals surface area contributed by atoms with Crippen molar-refractivity contribution in [2.24, 2.45) is 0 Å². The molecule has 0 saturated heterocycles. The molecule has 2 aromatic carbocycles. The minimum atomic E-state index is -0.919. The molecule has 0 saturated carbocycles. The molecular formula is C23H27FN4O5. The van der Waals surface area contributed by atoms with Crippen LogP contribution in [0.2, 0.25) is 0 Å². The Morgan fingerprint density at radius 3 is 2.64 bits per heavy atom. The molecule has 10 heteroatoms. The molecule has 0 radical (unpaired) electrons. The van der Waals surface area contributed by atoms with Gasteiger partial charge in [-0.3, -0.25) is 14.9 Å². The van der Waals surface area contributed by atoms with Gasteiger partial charge in [0.15, 0.2) is 0 Å². The Morgan fingerprint density at radius 2 is 1.91 bits per heavy atom. The second-order valence-corrected chi connectivity index (χ2v) is 7.89. The fraction of sp³-hybridized carbons (Fsp3) is 0.348. The third-order valence-corrected chi connectivity index (χ3v) is 5.50. The normalized spacial score (nSPS) is 12.1. The number of benzene rings is 2. The Balaban J connectivity index is 1.54. The van der Waals surface area contributed by atoms with Crippen molar-refractivity contribution in [3.63, 3.8) is 0 Å². The SMILES string of the molecule is O=C(NCCCCCCC(O)NO)c1ccc(Cc2c[nH]c3ccc([N+](=O)[O-])cc23)c(F)c1. The van der Waals surface area contributed by atoms with Crippen LogP contribution in [0.4, 0.5) is 10.1 Å². The van der Waals surface area contributed by atoms with Crippen LogP contribution in [0.15, 0.2) is 42.6 Å². The van der Waals surface area contributed by atoms with E-state index in [1.165, 1.54) is 18.2 Å². The number of carbonyl (C=O) groups is 1. The van der Waals surface area contributed by atoms with Gasteiger partial charge >= 0.3 is 0 Å². The number of carbonyl (C=O) groups excluding carboxylic acids is 1. The van der Waals surface area contributed by atoms with Gasteiger partial charge in [-0.2, -0.15) is 5.48 Å². The van der Waals surface area contributed by atoms with Gasteiger partial charge in [-0.1, -0.05) is 18.9 Å². The summed E-state index contributed by atoms with van der Waals surface area (Å²) in [5.74, 6) is -0.874. The number of non-ortho nitro benzene ring substituents is 1. The summed E-state index contributed by atoms with van der Waals surface area (Å²) in [5.41, 5.74) is 3.82. The zero-order valence-electron chi connectivity index (χ0n) is 18.0. The largest absolute Gasteiger partial charge is 0.377 e. The highest BCUT2D eigenvalue weighted by Crippen LogP contribution is 2.26. The number of H-pyrrole nitrogens is 1. The Labute approximate surface area is 189 Å². The van der Waals surface area contributed by atoms with Crippen LogP contribution in [0.1, 0.15) is 53.6 Å². The fourth-order valence-electron chi connectivity index (χ4n) is 3.65. The van der Waals surface area contributed by atoms with E-state index in [1.807, 2.05) is 0 Å². The van der Waals surface area contributed by atoms with Gasteiger partial charge in [0.2, 0.25) is 0 Å². The Morgan fingerprint density at radius 1 is 1.12 bits per heavy atom. The van der Waals surface area contributed by atoms with Crippen LogP contribution in [0.3, 0.4) is 0 Å². The van der Waals surface area contributed by atoms with Gasteiger partial charge in [0.25, 0.3) is 11.6 Å². The number of aliphatic hydroxyl groups is 1. The van der Waals surface area contributed by atoms with Crippen molar-refractivity contribution in [2.75, 3.05) is 6.54 Å². The van der Waals surface area contributed by atoms with Crippen LogP contribution < -0.4 is 10.8 Å². The first kappa shape index (κ1) is 24.3. The summed E-state index contributed by atoms with van der Waals surface area (Å²) in [5, 5.41) is 32.2. The maximum absolute atomic E-state index is 14.7. The lowest BCUT2D eigenvalue weighted by atomic mass is 10.0. The van der Waals surface area contributed by atoms with E-state index in [1.54, 1.807) is 29.9 Å². The van der Waals surface area contributed by atoms with Gasteiger partial charge in [-0.15, -0.1) is 0 Å². The van der Waals surface area contributed by atoms with Gasteiger partial charge in [0.05, 0.1) is 4.92 Å². The van der Waals surface area contributed by atoms with E-state index >= 15 is 0 Å². The first-order valence-electron chi connectivity index (χ1n) is 10.8. The van der Waals surface area contributed by atoms with E-state index in [0.29, 0.717) is 23.9 Å². The van der Waals surface area contributed by atoms with Gasteiger partial charge in [0.1, 0.15) is 12.0 Å². The molecular weight excluding hydrogens is 431 g/mol. The molecule has 1 amide bonds. The highest BCUT2D eigenvalue weighted by atomic mass is 19.1. The fourth-order valence-corrected chi connectivity index (χ4v) is 3.65.